The maximum atomic E-state index is 12.4. The number of nitrogens with zero attached hydrogens (tertiary/aromatic N) is 1. The Hall–Kier alpha value is -1.88. The van der Waals surface area contributed by atoms with Crippen molar-refractivity contribution in [1.82, 2.24) is 10.2 Å². The molecule has 0 aliphatic carbocycles. The Morgan fingerprint density at radius 1 is 1.29 bits per heavy atom. The Bertz CT molecular complexity index is 504. The van der Waals surface area contributed by atoms with E-state index in [2.05, 4.69) is 5.32 Å². The third-order valence-electron chi connectivity index (χ3n) is 3.78. The highest BCUT2D eigenvalue weighted by molar-refractivity contribution is 5.97. The van der Waals surface area contributed by atoms with Crippen LogP contribution in [0.4, 0.5) is 0 Å². The Balaban J connectivity index is 2.24. The van der Waals surface area contributed by atoms with Crippen molar-refractivity contribution in [3.63, 3.8) is 0 Å². The first-order chi connectivity index (χ1) is 10.0. The van der Waals surface area contributed by atoms with E-state index in [1.807, 2.05) is 37.3 Å². The molecule has 114 valence electrons. The minimum Gasteiger partial charge on any atom is -0.383 e. The van der Waals surface area contributed by atoms with Gasteiger partial charge in [0.2, 0.25) is 11.8 Å². The fourth-order valence-corrected chi connectivity index (χ4v) is 2.75. The van der Waals surface area contributed by atoms with Crippen LogP contribution in [0.5, 0.6) is 0 Å². The first kappa shape index (κ1) is 15.5. The molecule has 5 nitrogen and oxygen atoms in total. The van der Waals surface area contributed by atoms with Gasteiger partial charge in [-0.15, -0.1) is 0 Å². The number of benzene rings is 1. The van der Waals surface area contributed by atoms with Crippen LogP contribution in [-0.4, -0.2) is 48.6 Å². The van der Waals surface area contributed by atoms with Crippen molar-refractivity contribution >= 4 is 11.8 Å². The van der Waals surface area contributed by atoms with Gasteiger partial charge < -0.3 is 15.0 Å². The van der Waals surface area contributed by atoms with Crippen LogP contribution >= 0.6 is 0 Å². The lowest BCUT2D eigenvalue weighted by molar-refractivity contribution is -0.152. The molecule has 0 radical (unpaired) electrons. The minimum atomic E-state index is -0.485. The fraction of sp³-hybridized carbons (Fsp3) is 0.500. The summed E-state index contributed by atoms with van der Waals surface area (Å²) in [5.74, 6) is -0.158. The minimum absolute atomic E-state index is 0.0555. The number of hydrogen-bond acceptors (Lipinski definition) is 3. The number of amides is 2. The summed E-state index contributed by atoms with van der Waals surface area (Å²) in [5, 5.41) is 2.76. The monoisotopic (exact) mass is 290 g/mol. The average Bonchev–Trinajstić information content (AvgIpc) is 2.46. The zero-order valence-electron chi connectivity index (χ0n) is 12.7. The van der Waals surface area contributed by atoms with Gasteiger partial charge in [-0.3, -0.25) is 9.59 Å². The normalized spacial score (nSPS) is 23.9. The molecule has 1 aliphatic heterocycles. The van der Waals surface area contributed by atoms with E-state index < -0.39 is 12.1 Å². The topological polar surface area (TPSA) is 58.6 Å². The van der Waals surface area contributed by atoms with Crippen LogP contribution in [0.15, 0.2) is 30.3 Å². The molecule has 2 amide bonds. The van der Waals surface area contributed by atoms with E-state index in [9.17, 15) is 9.59 Å². The van der Waals surface area contributed by atoms with Crippen LogP contribution in [-0.2, 0) is 20.7 Å². The number of rotatable bonds is 5. The van der Waals surface area contributed by atoms with E-state index in [-0.39, 0.29) is 17.9 Å². The summed E-state index contributed by atoms with van der Waals surface area (Å²) in [4.78, 5) is 26.4. The molecule has 3 atom stereocenters. The SMILES string of the molecule is COCC(C)N1C(=O)C(C)NC(=O)C1Cc1ccccc1. The predicted molar refractivity (Wildman–Crippen MR) is 79.7 cm³/mol. The standard InChI is InChI=1S/C16H22N2O3/c1-11(10-21-3)18-14(9-13-7-5-4-6-8-13)15(19)17-12(2)16(18)20/h4-8,11-12,14H,9-10H2,1-3H3,(H,17,19). The summed E-state index contributed by atoms with van der Waals surface area (Å²) in [5.41, 5.74) is 1.04. The third kappa shape index (κ3) is 3.42. The highest BCUT2D eigenvalue weighted by Crippen LogP contribution is 2.18. The number of methoxy groups -OCH3 is 1. The van der Waals surface area contributed by atoms with E-state index in [1.54, 1.807) is 18.9 Å². The molecule has 1 aromatic rings. The van der Waals surface area contributed by atoms with Crippen molar-refractivity contribution in [2.24, 2.45) is 0 Å². The number of piperazine rings is 1. The van der Waals surface area contributed by atoms with Gasteiger partial charge in [-0.1, -0.05) is 30.3 Å². The van der Waals surface area contributed by atoms with Gasteiger partial charge in [0, 0.05) is 13.5 Å². The predicted octanol–water partition coefficient (Wildman–Crippen LogP) is 0.980. The first-order valence-electron chi connectivity index (χ1n) is 7.20. The van der Waals surface area contributed by atoms with Crippen molar-refractivity contribution in [1.29, 1.82) is 0 Å². The smallest absolute Gasteiger partial charge is 0.245 e. The largest absolute Gasteiger partial charge is 0.383 e. The van der Waals surface area contributed by atoms with E-state index in [0.717, 1.165) is 5.56 Å². The van der Waals surface area contributed by atoms with Gasteiger partial charge in [0.1, 0.15) is 12.1 Å². The Kier molecular flexibility index (Phi) is 4.96. The molecule has 1 aromatic carbocycles. The van der Waals surface area contributed by atoms with Crippen LogP contribution in [0.3, 0.4) is 0 Å². The molecule has 0 spiro atoms. The van der Waals surface area contributed by atoms with Gasteiger partial charge in [-0.25, -0.2) is 0 Å². The Morgan fingerprint density at radius 2 is 1.95 bits per heavy atom. The van der Waals surface area contributed by atoms with Crippen LogP contribution < -0.4 is 5.32 Å². The van der Waals surface area contributed by atoms with Gasteiger partial charge in [0.15, 0.2) is 0 Å². The van der Waals surface area contributed by atoms with E-state index in [4.69, 9.17) is 4.74 Å². The zero-order chi connectivity index (χ0) is 15.4. The highest BCUT2D eigenvalue weighted by atomic mass is 16.5. The number of nitrogens with one attached hydrogen (secondary N) is 1. The number of carbonyl (C=O) groups excluding carboxylic acids is 2. The summed E-state index contributed by atoms with van der Waals surface area (Å²) in [7, 11) is 1.60. The quantitative estimate of drug-likeness (QED) is 0.879. The molecule has 1 N–H and O–H groups in total. The van der Waals surface area contributed by atoms with Gasteiger partial charge in [0.05, 0.1) is 12.6 Å². The maximum Gasteiger partial charge on any atom is 0.245 e. The van der Waals surface area contributed by atoms with Crippen molar-refractivity contribution in [2.75, 3.05) is 13.7 Å². The zero-order valence-corrected chi connectivity index (χ0v) is 12.7. The van der Waals surface area contributed by atoms with Crippen LogP contribution in [0.25, 0.3) is 0 Å². The molecule has 1 aliphatic rings. The lowest BCUT2D eigenvalue weighted by Gasteiger charge is -2.41. The lowest BCUT2D eigenvalue weighted by atomic mass is 9.98. The highest BCUT2D eigenvalue weighted by Gasteiger charge is 2.40. The molecular formula is C16H22N2O3. The van der Waals surface area contributed by atoms with Gasteiger partial charge >= 0.3 is 0 Å². The van der Waals surface area contributed by atoms with E-state index in [0.29, 0.717) is 13.0 Å². The molecular weight excluding hydrogens is 268 g/mol. The lowest BCUT2D eigenvalue weighted by Crippen LogP contribution is -2.65. The molecule has 1 saturated heterocycles. The second-order valence-electron chi connectivity index (χ2n) is 5.49. The van der Waals surface area contributed by atoms with Crippen molar-refractivity contribution in [3.8, 4) is 0 Å². The van der Waals surface area contributed by atoms with Crippen molar-refractivity contribution in [3.05, 3.63) is 35.9 Å². The second-order valence-corrected chi connectivity index (χ2v) is 5.49. The van der Waals surface area contributed by atoms with Crippen molar-refractivity contribution < 1.29 is 14.3 Å². The average molecular weight is 290 g/mol. The fourth-order valence-electron chi connectivity index (χ4n) is 2.75. The number of ether oxygens (including phenoxy) is 1. The Labute approximate surface area is 125 Å². The van der Waals surface area contributed by atoms with Crippen molar-refractivity contribution in [2.45, 2.75) is 38.4 Å². The maximum absolute atomic E-state index is 12.4. The van der Waals surface area contributed by atoms with Crippen LogP contribution in [0, 0.1) is 0 Å². The van der Waals surface area contributed by atoms with E-state index in [1.165, 1.54) is 0 Å². The van der Waals surface area contributed by atoms with Gasteiger partial charge in [0.25, 0.3) is 0 Å². The molecule has 1 fully saturated rings. The Morgan fingerprint density at radius 3 is 2.57 bits per heavy atom. The van der Waals surface area contributed by atoms with Gasteiger partial charge in [-0.05, 0) is 19.4 Å². The number of hydrogen-bond donors (Lipinski definition) is 1. The summed E-state index contributed by atoms with van der Waals surface area (Å²) in [6.07, 6.45) is 0.513. The summed E-state index contributed by atoms with van der Waals surface area (Å²) in [6, 6.07) is 8.63. The molecule has 0 saturated carbocycles. The molecule has 21 heavy (non-hydrogen) atoms. The molecule has 0 bridgehead atoms. The van der Waals surface area contributed by atoms with Crippen LogP contribution in [0.1, 0.15) is 19.4 Å². The molecule has 3 unspecified atom stereocenters. The summed E-state index contributed by atoms with van der Waals surface area (Å²) in [6.45, 7) is 4.03. The van der Waals surface area contributed by atoms with Gasteiger partial charge in [-0.2, -0.15) is 0 Å². The van der Waals surface area contributed by atoms with Crippen LogP contribution in [0.2, 0.25) is 0 Å². The molecule has 2 rings (SSSR count). The van der Waals surface area contributed by atoms with E-state index >= 15 is 0 Å². The number of carbonyl (C=O) groups is 2. The summed E-state index contributed by atoms with van der Waals surface area (Å²) >= 11 is 0. The molecule has 5 heteroatoms. The second kappa shape index (κ2) is 6.72. The first-order valence-corrected chi connectivity index (χ1v) is 7.20. The molecule has 0 aromatic heterocycles. The summed E-state index contributed by atoms with van der Waals surface area (Å²) < 4.78 is 5.15. The third-order valence-corrected chi connectivity index (χ3v) is 3.78. The molecule has 1 heterocycles.